The largest absolute Gasteiger partial charge is 0.497 e. The van der Waals surface area contributed by atoms with Gasteiger partial charge in [0.15, 0.2) is 0 Å². The van der Waals surface area contributed by atoms with Gasteiger partial charge in [0.2, 0.25) is 0 Å². The molecule has 0 aliphatic heterocycles. The van der Waals surface area contributed by atoms with Crippen LogP contribution in [0.25, 0.3) is 0 Å². The summed E-state index contributed by atoms with van der Waals surface area (Å²) < 4.78 is 10.5. The van der Waals surface area contributed by atoms with Gasteiger partial charge in [-0.1, -0.05) is 0 Å². The minimum absolute atomic E-state index is 0.284. The Labute approximate surface area is 145 Å². The molecule has 0 radical (unpaired) electrons. The number of hydrogen-bond acceptors (Lipinski definition) is 5. The van der Waals surface area contributed by atoms with Crippen LogP contribution in [0.15, 0.2) is 36.5 Å². The highest BCUT2D eigenvalue weighted by atomic mass is 16.5. The summed E-state index contributed by atoms with van der Waals surface area (Å²) >= 11 is 0. The number of aromatic nitrogens is 1. The van der Waals surface area contributed by atoms with Crippen LogP contribution in [0.3, 0.4) is 0 Å². The Morgan fingerprint density at radius 2 is 1.96 bits per heavy atom. The summed E-state index contributed by atoms with van der Waals surface area (Å²) in [5.41, 5.74) is 1.70. The molecule has 2 N–H and O–H groups in total. The first-order chi connectivity index (χ1) is 11.9. The third-order valence-corrected chi connectivity index (χ3v) is 3.67. The number of aryl methyl sites for hydroxylation is 1. The monoisotopic (exact) mass is 344 g/mol. The van der Waals surface area contributed by atoms with Gasteiger partial charge in [-0.3, -0.25) is 14.6 Å². The zero-order valence-corrected chi connectivity index (χ0v) is 14.3. The van der Waals surface area contributed by atoms with Crippen molar-refractivity contribution in [2.75, 3.05) is 14.2 Å². The molecule has 1 atom stereocenters. The average molecular weight is 344 g/mol. The summed E-state index contributed by atoms with van der Waals surface area (Å²) in [4.78, 5) is 27.8. The summed E-state index contributed by atoms with van der Waals surface area (Å²) in [5, 5.41) is 11.9. The molecule has 0 saturated carbocycles. The average Bonchev–Trinajstić information content (AvgIpc) is 2.60. The van der Waals surface area contributed by atoms with Crippen molar-refractivity contribution >= 4 is 11.9 Å². The maximum absolute atomic E-state index is 12.4. The molecule has 0 bridgehead atoms. The fourth-order valence-electron chi connectivity index (χ4n) is 2.36. The minimum atomic E-state index is -1.04. The normalized spacial score (nSPS) is 11.5. The molecule has 1 unspecified atom stereocenters. The van der Waals surface area contributed by atoms with Crippen molar-refractivity contribution in [3.8, 4) is 11.5 Å². The molecule has 1 heterocycles. The molecular weight excluding hydrogens is 324 g/mol. The molecule has 7 heteroatoms. The molecule has 1 aromatic carbocycles. The molecule has 1 aromatic heterocycles. The molecule has 7 nitrogen and oxygen atoms in total. The van der Waals surface area contributed by atoms with Crippen molar-refractivity contribution in [3.63, 3.8) is 0 Å². The molecule has 0 fully saturated rings. The topological polar surface area (TPSA) is 97.8 Å². The van der Waals surface area contributed by atoms with Crippen LogP contribution < -0.4 is 14.8 Å². The van der Waals surface area contributed by atoms with E-state index in [1.807, 2.05) is 6.92 Å². The number of carbonyl (C=O) groups excluding carboxylic acids is 1. The molecule has 0 aliphatic carbocycles. The van der Waals surface area contributed by atoms with Crippen molar-refractivity contribution in [1.29, 1.82) is 0 Å². The molecule has 1 amide bonds. The van der Waals surface area contributed by atoms with E-state index < -0.39 is 17.9 Å². The van der Waals surface area contributed by atoms with E-state index >= 15 is 0 Å². The fraction of sp³-hybridized carbons (Fsp3) is 0.278. The van der Waals surface area contributed by atoms with E-state index in [9.17, 15) is 14.7 Å². The first kappa shape index (κ1) is 18.3. The number of carbonyl (C=O) groups is 2. The third-order valence-electron chi connectivity index (χ3n) is 3.67. The van der Waals surface area contributed by atoms with Gasteiger partial charge in [0.25, 0.3) is 5.91 Å². The van der Waals surface area contributed by atoms with Gasteiger partial charge in [0.1, 0.15) is 11.5 Å². The zero-order valence-electron chi connectivity index (χ0n) is 14.3. The summed E-state index contributed by atoms with van der Waals surface area (Å²) in [6, 6.07) is 7.61. The van der Waals surface area contributed by atoms with Crippen LogP contribution in [-0.4, -0.2) is 36.2 Å². The lowest BCUT2D eigenvalue weighted by Gasteiger charge is -2.20. The number of hydrogen-bond donors (Lipinski definition) is 2. The third kappa shape index (κ3) is 4.69. The molecule has 0 saturated heterocycles. The Kier molecular flexibility index (Phi) is 5.94. The van der Waals surface area contributed by atoms with E-state index in [2.05, 4.69) is 10.3 Å². The van der Waals surface area contributed by atoms with Crippen LogP contribution in [0.4, 0.5) is 0 Å². The molecule has 0 spiro atoms. The Hall–Kier alpha value is -3.09. The number of carboxylic acid groups (broad SMARTS) is 1. The Morgan fingerprint density at radius 1 is 1.20 bits per heavy atom. The number of carboxylic acids is 1. The Balaban J connectivity index is 2.31. The van der Waals surface area contributed by atoms with Gasteiger partial charge < -0.3 is 19.9 Å². The Bertz CT molecular complexity index is 759. The lowest BCUT2D eigenvalue weighted by molar-refractivity contribution is -0.137. The van der Waals surface area contributed by atoms with Gasteiger partial charge >= 0.3 is 5.97 Å². The quantitative estimate of drug-likeness (QED) is 0.800. The van der Waals surface area contributed by atoms with Gasteiger partial charge in [0.05, 0.1) is 32.2 Å². The Morgan fingerprint density at radius 3 is 2.52 bits per heavy atom. The van der Waals surface area contributed by atoms with Crippen LogP contribution in [-0.2, 0) is 4.79 Å². The molecule has 0 aliphatic rings. The number of aliphatic carboxylic acids is 1. The predicted molar refractivity (Wildman–Crippen MR) is 91.0 cm³/mol. The second kappa shape index (κ2) is 8.14. The smallest absolute Gasteiger partial charge is 0.305 e. The number of ether oxygens (including phenoxy) is 2. The van der Waals surface area contributed by atoms with Gasteiger partial charge in [-0.15, -0.1) is 0 Å². The summed E-state index contributed by atoms with van der Waals surface area (Å²) in [7, 11) is 3.00. The minimum Gasteiger partial charge on any atom is -0.497 e. The van der Waals surface area contributed by atoms with Crippen LogP contribution in [0, 0.1) is 6.92 Å². The maximum atomic E-state index is 12.4. The highest BCUT2D eigenvalue weighted by Crippen LogP contribution is 2.31. The van der Waals surface area contributed by atoms with E-state index in [1.165, 1.54) is 20.4 Å². The molecule has 132 valence electrons. The van der Waals surface area contributed by atoms with Gasteiger partial charge in [-0.05, 0) is 31.2 Å². The van der Waals surface area contributed by atoms with Crippen LogP contribution in [0.2, 0.25) is 0 Å². The fourth-order valence-corrected chi connectivity index (χ4v) is 2.36. The lowest BCUT2D eigenvalue weighted by atomic mass is 10.0. The number of nitrogens with one attached hydrogen (secondary N) is 1. The van der Waals surface area contributed by atoms with Crippen LogP contribution in [0.5, 0.6) is 11.5 Å². The van der Waals surface area contributed by atoms with Gasteiger partial charge in [-0.25, -0.2) is 0 Å². The van der Waals surface area contributed by atoms with Gasteiger partial charge in [0, 0.05) is 23.5 Å². The standard InChI is InChI=1S/C18H20N2O5/c1-11-4-5-12(10-19-11)18(23)20-15(9-17(21)22)14-7-6-13(24-2)8-16(14)25-3/h4-8,10,15H,9H2,1-3H3,(H,20,23)(H,21,22). The van der Waals surface area contributed by atoms with Crippen molar-refractivity contribution in [3.05, 3.63) is 53.3 Å². The molecule has 2 aromatic rings. The molecule has 25 heavy (non-hydrogen) atoms. The molecule has 2 rings (SSSR count). The maximum Gasteiger partial charge on any atom is 0.305 e. The van der Waals surface area contributed by atoms with Crippen LogP contribution in [0.1, 0.15) is 34.1 Å². The van der Waals surface area contributed by atoms with Crippen molar-refractivity contribution in [2.24, 2.45) is 0 Å². The second-order valence-electron chi connectivity index (χ2n) is 5.42. The van der Waals surface area contributed by atoms with E-state index in [4.69, 9.17) is 9.47 Å². The number of benzene rings is 1. The molecular formula is C18H20N2O5. The predicted octanol–water partition coefficient (Wildman–Crippen LogP) is 2.35. The second-order valence-corrected chi connectivity index (χ2v) is 5.42. The first-order valence-electron chi connectivity index (χ1n) is 7.61. The summed E-state index contributed by atoms with van der Waals surface area (Å²) in [5.74, 6) is -0.432. The van der Waals surface area contributed by atoms with Crippen molar-refractivity contribution < 1.29 is 24.2 Å². The zero-order chi connectivity index (χ0) is 18.4. The van der Waals surface area contributed by atoms with E-state index in [0.29, 0.717) is 22.6 Å². The van der Waals surface area contributed by atoms with E-state index in [0.717, 1.165) is 5.69 Å². The van der Waals surface area contributed by atoms with E-state index in [-0.39, 0.29) is 6.42 Å². The van der Waals surface area contributed by atoms with Gasteiger partial charge in [-0.2, -0.15) is 0 Å². The number of rotatable bonds is 7. The van der Waals surface area contributed by atoms with Crippen molar-refractivity contribution in [1.82, 2.24) is 10.3 Å². The summed E-state index contributed by atoms with van der Waals surface area (Å²) in [6.45, 7) is 1.82. The van der Waals surface area contributed by atoms with E-state index in [1.54, 1.807) is 30.3 Å². The SMILES string of the molecule is COc1ccc(C(CC(=O)O)NC(=O)c2ccc(C)nc2)c(OC)c1. The lowest BCUT2D eigenvalue weighted by Crippen LogP contribution is -2.30. The van der Waals surface area contributed by atoms with Crippen LogP contribution >= 0.6 is 0 Å². The highest BCUT2D eigenvalue weighted by Gasteiger charge is 2.22. The number of nitrogens with zero attached hydrogens (tertiary/aromatic N) is 1. The summed E-state index contributed by atoms with van der Waals surface area (Å²) in [6.07, 6.45) is 1.17. The number of methoxy groups -OCH3 is 2. The number of pyridine rings is 1. The number of amides is 1. The highest BCUT2D eigenvalue weighted by molar-refractivity contribution is 5.94. The first-order valence-corrected chi connectivity index (χ1v) is 7.61. The van der Waals surface area contributed by atoms with Crippen molar-refractivity contribution in [2.45, 2.75) is 19.4 Å².